The predicted molar refractivity (Wildman–Crippen MR) is 75.5 cm³/mol. The smallest absolute Gasteiger partial charge is 0.264 e. The lowest BCUT2D eigenvalue weighted by Crippen LogP contribution is -2.20. The van der Waals surface area contributed by atoms with Gasteiger partial charge in [-0.3, -0.25) is 14.7 Å². The van der Waals surface area contributed by atoms with E-state index in [1.165, 1.54) is 19.4 Å². The van der Waals surface area contributed by atoms with Crippen molar-refractivity contribution in [2.45, 2.75) is 6.42 Å². The molecule has 0 unspecified atom stereocenters. The summed E-state index contributed by atoms with van der Waals surface area (Å²) in [6, 6.07) is 6.20. The number of para-hydroxylation sites is 1. The Bertz CT molecular complexity index is 717. The quantitative estimate of drug-likeness (QED) is 0.461. The van der Waals surface area contributed by atoms with Gasteiger partial charge in [-0.15, -0.1) is 0 Å². The van der Waals surface area contributed by atoms with E-state index in [4.69, 9.17) is 4.74 Å². The number of aromatic hydroxyl groups is 1. The number of nitrogens with zero attached hydrogens (tertiary/aromatic N) is 1. The third-order valence-electron chi connectivity index (χ3n) is 2.65. The average Bonchev–Trinajstić information content (AvgIpc) is 2.86. The molecule has 21 heavy (non-hydrogen) atoms. The van der Waals surface area contributed by atoms with E-state index in [0.717, 1.165) is 0 Å². The minimum Gasteiger partial charge on any atom is -0.504 e. The predicted octanol–water partition coefficient (Wildman–Crippen LogP) is 0.110. The van der Waals surface area contributed by atoms with E-state index in [2.05, 4.69) is 20.7 Å². The van der Waals surface area contributed by atoms with Crippen LogP contribution >= 0.6 is 0 Å². The summed E-state index contributed by atoms with van der Waals surface area (Å²) in [4.78, 5) is 22.5. The molecule has 0 aliphatic carbocycles. The van der Waals surface area contributed by atoms with Crippen LogP contribution < -0.4 is 15.7 Å². The largest absolute Gasteiger partial charge is 0.504 e. The number of phenolic OH excluding ortho intramolecular Hbond substituents is 1. The van der Waals surface area contributed by atoms with Crippen molar-refractivity contribution in [3.05, 3.63) is 45.9 Å². The van der Waals surface area contributed by atoms with Crippen LogP contribution in [0.4, 0.5) is 0 Å². The normalized spacial score (nSPS) is 10.7. The molecule has 1 amide bonds. The maximum atomic E-state index is 11.6. The lowest BCUT2D eigenvalue weighted by atomic mass is 10.2. The number of carbonyl (C=O) groups is 1. The second kappa shape index (κ2) is 6.42. The van der Waals surface area contributed by atoms with Crippen molar-refractivity contribution in [3.8, 4) is 11.5 Å². The molecule has 0 aliphatic rings. The van der Waals surface area contributed by atoms with Crippen LogP contribution in [0.5, 0.6) is 11.5 Å². The molecule has 1 heterocycles. The first-order valence-electron chi connectivity index (χ1n) is 6.04. The van der Waals surface area contributed by atoms with Crippen molar-refractivity contribution >= 4 is 12.1 Å². The van der Waals surface area contributed by atoms with Crippen LogP contribution in [0.2, 0.25) is 0 Å². The van der Waals surface area contributed by atoms with Gasteiger partial charge in [0.25, 0.3) is 5.56 Å². The van der Waals surface area contributed by atoms with Crippen LogP contribution in [-0.2, 0) is 11.2 Å². The molecule has 0 saturated carbocycles. The van der Waals surface area contributed by atoms with Crippen LogP contribution in [-0.4, -0.2) is 34.5 Å². The van der Waals surface area contributed by atoms with Gasteiger partial charge in [0.1, 0.15) is 0 Å². The number of hydrogen-bond donors (Lipinski definition) is 4. The summed E-state index contributed by atoms with van der Waals surface area (Å²) >= 11 is 0. The number of ether oxygens (including phenoxy) is 1. The summed E-state index contributed by atoms with van der Waals surface area (Å²) < 4.78 is 4.96. The summed E-state index contributed by atoms with van der Waals surface area (Å²) in [7, 11) is 1.44. The van der Waals surface area contributed by atoms with Crippen molar-refractivity contribution in [2.75, 3.05) is 7.11 Å². The fourth-order valence-electron chi connectivity index (χ4n) is 1.66. The topological polar surface area (TPSA) is 120 Å². The molecule has 2 aromatic rings. The molecule has 0 spiro atoms. The van der Waals surface area contributed by atoms with E-state index in [1.54, 1.807) is 18.2 Å². The highest BCUT2D eigenvalue weighted by Gasteiger charge is 2.06. The number of aromatic amines is 2. The van der Waals surface area contributed by atoms with Crippen molar-refractivity contribution in [1.29, 1.82) is 0 Å². The number of carbonyl (C=O) groups excluding carboxylic acids is 1. The Morgan fingerprint density at radius 1 is 1.48 bits per heavy atom. The van der Waals surface area contributed by atoms with E-state index in [9.17, 15) is 14.7 Å². The maximum absolute atomic E-state index is 11.6. The molecule has 0 radical (unpaired) electrons. The maximum Gasteiger partial charge on any atom is 0.264 e. The third-order valence-corrected chi connectivity index (χ3v) is 2.65. The van der Waals surface area contributed by atoms with E-state index in [0.29, 0.717) is 17.0 Å². The molecule has 0 fully saturated rings. The Kier molecular flexibility index (Phi) is 4.39. The monoisotopic (exact) mass is 290 g/mol. The van der Waals surface area contributed by atoms with Gasteiger partial charge in [0, 0.05) is 17.3 Å². The van der Waals surface area contributed by atoms with Crippen LogP contribution in [0.3, 0.4) is 0 Å². The Morgan fingerprint density at radius 3 is 2.95 bits per heavy atom. The zero-order valence-electron chi connectivity index (χ0n) is 11.2. The Morgan fingerprint density at radius 2 is 2.29 bits per heavy atom. The number of rotatable bonds is 5. The van der Waals surface area contributed by atoms with Crippen LogP contribution in [0.25, 0.3) is 0 Å². The molecule has 110 valence electrons. The molecule has 8 heteroatoms. The lowest BCUT2D eigenvalue weighted by Gasteiger charge is -2.04. The van der Waals surface area contributed by atoms with E-state index in [-0.39, 0.29) is 17.7 Å². The second-order valence-corrected chi connectivity index (χ2v) is 4.15. The number of phenols is 1. The Balaban J connectivity index is 1.96. The van der Waals surface area contributed by atoms with Crippen molar-refractivity contribution in [3.63, 3.8) is 0 Å². The van der Waals surface area contributed by atoms with Gasteiger partial charge in [-0.2, -0.15) is 5.10 Å². The molecular weight excluding hydrogens is 276 g/mol. The SMILES string of the molecule is COc1cccc(/C=N\NC(=O)Cc2cc(=O)[nH][nH]2)c1O. The highest BCUT2D eigenvalue weighted by atomic mass is 16.5. The fourth-order valence-corrected chi connectivity index (χ4v) is 1.66. The molecule has 8 nitrogen and oxygen atoms in total. The number of aromatic nitrogens is 2. The van der Waals surface area contributed by atoms with E-state index in [1.807, 2.05) is 0 Å². The Labute approximate surface area is 119 Å². The van der Waals surface area contributed by atoms with E-state index >= 15 is 0 Å². The third kappa shape index (κ3) is 3.72. The van der Waals surface area contributed by atoms with Crippen LogP contribution in [0, 0.1) is 0 Å². The van der Waals surface area contributed by atoms with Crippen molar-refractivity contribution in [1.82, 2.24) is 15.6 Å². The van der Waals surface area contributed by atoms with Gasteiger partial charge in [0.15, 0.2) is 11.5 Å². The first-order chi connectivity index (χ1) is 10.1. The summed E-state index contributed by atoms with van der Waals surface area (Å²) in [5, 5.41) is 18.4. The molecular formula is C13H14N4O4. The van der Waals surface area contributed by atoms with Gasteiger partial charge in [-0.1, -0.05) is 6.07 Å². The number of benzene rings is 1. The molecule has 0 saturated heterocycles. The number of nitrogens with one attached hydrogen (secondary N) is 3. The highest BCUT2D eigenvalue weighted by Crippen LogP contribution is 2.27. The second-order valence-electron chi connectivity index (χ2n) is 4.15. The van der Waals surface area contributed by atoms with Gasteiger partial charge >= 0.3 is 0 Å². The molecule has 4 N–H and O–H groups in total. The Hall–Kier alpha value is -3.03. The number of H-pyrrole nitrogens is 2. The molecule has 0 atom stereocenters. The fraction of sp³-hybridized carbons (Fsp3) is 0.154. The summed E-state index contributed by atoms with van der Waals surface area (Å²) in [5.74, 6) is -0.146. The zero-order valence-corrected chi connectivity index (χ0v) is 11.2. The van der Waals surface area contributed by atoms with Crippen LogP contribution in [0.15, 0.2) is 34.2 Å². The minimum atomic E-state index is -0.399. The lowest BCUT2D eigenvalue weighted by molar-refractivity contribution is -0.120. The summed E-state index contributed by atoms with van der Waals surface area (Å²) in [6.07, 6.45) is 1.29. The average molecular weight is 290 g/mol. The minimum absolute atomic E-state index is 0.0137. The van der Waals surface area contributed by atoms with Gasteiger partial charge in [0.05, 0.1) is 19.7 Å². The highest BCUT2D eigenvalue weighted by molar-refractivity contribution is 5.86. The van der Waals surface area contributed by atoms with Gasteiger partial charge in [0.2, 0.25) is 5.91 Å². The summed E-state index contributed by atoms with van der Waals surface area (Å²) in [5.41, 5.74) is 2.86. The number of amides is 1. The summed E-state index contributed by atoms with van der Waals surface area (Å²) in [6.45, 7) is 0. The number of methoxy groups -OCH3 is 1. The van der Waals surface area contributed by atoms with Crippen molar-refractivity contribution in [2.24, 2.45) is 5.10 Å². The number of hydrogen-bond acceptors (Lipinski definition) is 5. The number of hydrazone groups is 1. The molecule has 0 aliphatic heterocycles. The molecule has 2 rings (SSSR count). The first kappa shape index (κ1) is 14.4. The molecule has 1 aromatic carbocycles. The first-order valence-corrected chi connectivity index (χ1v) is 6.04. The van der Waals surface area contributed by atoms with Gasteiger partial charge < -0.3 is 14.9 Å². The zero-order chi connectivity index (χ0) is 15.2. The molecule has 0 bridgehead atoms. The standard InChI is InChI=1S/C13H14N4O4/c1-21-10-4-2-3-8(13(10)20)7-14-16-11(18)5-9-6-12(19)17-15-9/h2-4,6-7,20H,5H2,1H3,(H,16,18)(H2,15,17,19)/b14-7-. The molecule has 1 aromatic heterocycles. The van der Waals surface area contributed by atoms with Crippen molar-refractivity contribution < 1.29 is 14.6 Å². The van der Waals surface area contributed by atoms with E-state index < -0.39 is 5.91 Å². The van der Waals surface area contributed by atoms with Gasteiger partial charge in [-0.05, 0) is 12.1 Å². The van der Waals surface area contributed by atoms with Crippen LogP contribution in [0.1, 0.15) is 11.3 Å². The van der Waals surface area contributed by atoms with Gasteiger partial charge in [-0.25, -0.2) is 5.43 Å².